The Labute approximate surface area is 152 Å². The zero-order valence-electron chi connectivity index (χ0n) is 15.0. The van der Waals surface area contributed by atoms with Gasteiger partial charge in [0, 0.05) is 43.2 Å². The number of likely N-dealkylation sites (N-methyl/N-ethyl adjacent to an activating group) is 1. The van der Waals surface area contributed by atoms with Gasteiger partial charge >= 0.3 is 6.03 Å². The maximum Gasteiger partial charge on any atom is 0.322 e. The highest BCUT2D eigenvalue weighted by atomic mass is 32.1. The van der Waals surface area contributed by atoms with Crippen LogP contribution in [-0.4, -0.2) is 66.1 Å². The molecule has 134 valence electrons. The summed E-state index contributed by atoms with van der Waals surface area (Å²) in [6.07, 6.45) is 5.14. The minimum Gasteiger partial charge on any atom is -0.346 e. The highest BCUT2D eigenvalue weighted by molar-refractivity contribution is 7.13. The van der Waals surface area contributed by atoms with Crippen molar-refractivity contribution in [1.82, 2.24) is 20.1 Å². The molecule has 0 radical (unpaired) electrons. The average molecular weight is 359 g/mol. The van der Waals surface area contributed by atoms with E-state index >= 15 is 0 Å². The van der Waals surface area contributed by atoms with Crippen LogP contribution in [0.2, 0.25) is 0 Å². The number of hydrogen-bond acceptors (Lipinski definition) is 5. The van der Waals surface area contributed by atoms with E-state index in [4.69, 9.17) is 4.98 Å². The molecule has 1 aromatic heterocycles. The van der Waals surface area contributed by atoms with Gasteiger partial charge in [-0.25, -0.2) is 9.78 Å². The molecular weight excluding hydrogens is 334 g/mol. The molecule has 2 amide bonds. The number of carbonyl (C=O) groups is 1. The Morgan fingerprint density at radius 1 is 1.28 bits per heavy atom. The Bertz CT molecular complexity index is 730. The van der Waals surface area contributed by atoms with E-state index in [-0.39, 0.29) is 18.1 Å². The fraction of sp³-hybridized carbons (Fsp3) is 0.556. The highest BCUT2D eigenvalue weighted by Crippen LogP contribution is 2.35. The second kappa shape index (κ2) is 6.46. The third-order valence-corrected chi connectivity index (χ3v) is 6.08. The van der Waals surface area contributed by atoms with Crippen LogP contribution >= 0.6 is 11.3 Å². The summed E-state index contributed by atoms with van der Waals surface area (Å²) in [5, 5.41) is 6.29. The molecule has 2 saturated heterocycles. The number of aromatic nitrogens is 1. The summed E-state index contributed by atoms with van der Waals surface area (Å²) in [7, 11) is 2.16. The second-order valence-corrected chi connectivity index (χ2v) is 8.05. The molecule has 1 aromatic rings. The zero-order valence-corrected chi connectivity index (χ0v) is 15.8. The maximum absolute atomic E-state index is 12.4. The maximum atomic E-state index is 12.4. The molecule has 0 bridgehead atoms. The molecule has 1 N–H and O–H groups in total. The second-order valence-electron chi connectivity index (χ2n) is 7.22. The number of allylic oxidation sites excluding steroid dienone is 2. The minimum atomic E-state index is 0.00530. The molecule has 2 fully saturated rings. The van der Waals surface area contributed by atoms with E-state index in [1.54, 1.807) is 11.3 Å². The number of rotatable bonds is 3. The number of hydrogen-bond donors (Lipinski definition) is 1. The Hall–Kier alpha value is -1.86. The van der Waals surface area contributed by atoms with Crippen molar-refractivity contribution in [3.05, 3.63) is 28.9 Å². The van der Waals surface area contributed by atoms with Crippen LogP contribution in [0.25, 0.3) is 5.57 Å². The Morgan fingerprint density at radius 3 is 2.76 bits per heavy atom. The summed E-state index contributed by atoms with van der Waals surface area (Å²) in [6, 6.07) is 0.304. The van der Waals surface area contributed by atoms with E-state index in [9.17, 15) is 4.79 Å². The first-order valence-electron chi connectivity index (χ1n) is 8.94. The van der Waals surface area contributed by atoms with Crippen LogP contribution in [0.5, 0.6) is 0 Å². The number of nitrogens with zero attached hydrogens (tertiary/aromatic N) is 4. The van der Waals surface area contributed by atoms with E-state index in [0.717, 1.165) is 54.7 Å². The van der Waals surface area contributed by atoms with Gasteiger partial charge in [-0.3, -0.25) is 0 Å². The molecule has 2 aliphatic heterocycles. The predicted octanol–water partition coefficient (Wildman–Crippen LogP) is 2.37. The van der Waals surface area contributed by atoms with Crippen molar-refractivity contribution in [2.45, 2.75) is 32.4 Å². The van der Waals surface area contributed by atoms with Crippen LogP contribution in [0.3, 0.4) is 0 Å². The molecule has 0 aromatic carbocycles. The SMILES string of the molecule is CC(C)N1C(=O)NC2=C(c3csc(N4CCN(C)CC4)n3)C=CCC21. The lowest BCUT2D eigenvalue weighted by atomic mass is 9.96. The van der Waals surface area contributed by atoms with Crippen LogP contribution in [0.1, 0.15) is 26.0 Å². The van der Waals surface area contributed by atoms with Crippen molar-refractivity contribution in [2.75, 3.05) is 38.1 Å². The summed E-state index contributed by atoms with van der Waals surface area (Å²) in [4.78, 5) is 23.9. The smallest absolute Gasteiger partial charge is 0.322 e. The molecular formula is C18H25N5OS. The van der Waals surface area contributed by atoms with Gasteiger partial charge in [0.15, 0.2) is 5.13 Å². The Balaban J connectivity index is 1.61. The van der Waals surface area contributed by atoms with Gasteiger partial charge in [0.25, 0.3) is 0 Å². The minimum absolute atomic E-state index is 0.00530. The quantitative estimate of drug-likeness (QED) is 0.900. The number of fused-ring (bicyclic) bond motifs is 1. The summed E-state index contributed by atoms with van der Waals surface area (Å²) >= 11 is 1.69. The fourth-order valence-corrected chi connectivity index (χ4v) is 4.65. The van der Waals surface area contributed by atoms with E-state index < -0.39 is 0 Å². The fourth-order valence-electron chi connectivity index (χ4n) is 3.78. The first-order valence-corrected chi connectivity index (χ1v) is 9.82. The van der Waals surface area contributed by atoms with Crippen LogP contribution in [0, 0.1) is 0 Å². The molecule has 3 heterocycles. The monoisotopic (exact) mass is 359 g/mol. The third kappa shape index (κ3) is 2.95. The van der Waals surface area contributed by atoms with Crippen molar-refractivity contribution in [3.63, 3.8) is 0 Å². The number of amides is 2. The summed E-state index contributed by atoms with van der Waals surface area (Å²) in [6.45, 7) is 8.32. The molecule has 4 rings (SSSR count). The van der Waals surface area contributed by atoms with Gasteiger partial charge in [0.05, 0.1) is 17.4 Å². The van der Waals surface area contributed by atoms with Crippen molar-refractivity contribution in [2.24, 2.45) is 0 Å². The number of urea groups is 1. The summed E-state index contributed by atoms with van der Waals surface area (Å²) in [5.41, 5.74) is 3.04. The molecule has 1 atom stereocenters. The van der Waals surface area contributed by atoms with Crippen LogP contribution in [0.4, 0.5) is 9.93 Å². The number of carbonyl (C=O) groups excluding carboxylic acids is 1. The zero-order chi connectivity index (χ0) is 17.6. The normalized spacial score (nSPS) is 24.3. The molecule has 0 spiro atoms. The molecule has 25 heavy (non-hydrogen) atoms. The number of anilines is 1. The van der Waals surface area contributed by atoms with Gasteiger partial charge in [-0.05, 0) is 27.3 Å². The van der Waals surface area contributed by atoms with E-state index in [0.29, 0.717) is 0 Å². The van der Waals surface area contributed by atoms with Crippen LogP contribution in [-0.2, 0) is 0 Å². The summed E-state index contributed by atoms with van der Waals surface area (Å²) < 4.78 is 0. The lowest BCUT2D eigenvalue weighted by Gasteiger charge is -2.32. The van der Waals surface area contributed by atoms with Crippen molar-refractivity contribution < 1.29 is 4.79 Å². The highest BCUT2D eigenvalue weighted by Gasteiger charge is 2.39. The average Bonchev–Trinajstić information content (AvgIpc) is 3.18. The standard InChI is InChI=1S/C18H25N5OS/c1-12(2)23-15-6-4-5-13(16(15)20-17(23)24)14-11-25-18(19-14)22-9-7-21(3)8-10-22/h4-5,11-12,15H,6-10H2,1-3H3,(H,20,24). The predicted molar refractivity (Wildman–Crippen MR) is 102 cm³/mol. The lowest BCUT2D eigenvalue weighted by molar-refractivity contribution is 0.188. The summed E-state index contributed by atoms with van der Waals surface area (Å²) in [5.74, 6) is 0. The molecule has 1 aliphatic carbocycles. The van der Waals surface area contributed by atoms with Crippen molar-refractivity contribution >= 4 is 28.1 Å². The van der Waals surface area contributed by atoms with Crippen LogP contribution < -0.4 is 10.2 Å². The number of piperazine rings is 1. The molecule has 1 unspecified atom stereocenters. The van der Waals surface area contributed by atoms with Crippen LogP contribution in [0.15, 0.2) is 23.2 Å². The first kappa shape index (κ1) is 16.6. The van der Waals surface area contributed by atoms with E-state index in [1.165, 1.54) is 0 Å². The first-order chi connectivity index (χ1) is 12.0. The number of nitrogens with one attached hydrogen (secondary N) is 1. The number of thiazole rings is 1. The van der Waals surface area contributed by atoms with Gasteiger partial charge in [-0.1, -0.05) is 12.2 Å². The molecule has 3 aliphatic rings. The molecule has 7 heteroatoms. The van der Waals surface area contributed by atoms with Gasteiger partial charge in [-0.15, -0.1) is 11.3 Å². The largest absolute Gasteiger partial charge is 0.346 e. The van der Waals surface area contributed by atoms with E-state index in [1.807, 2.05) is 4.90 Å². The Kier molecular flexibility index (Phi) is 4.29. The lowest BCUT2D eigenvalue weighted by Crippen LogP contribution is -2.44. The van der Waals surface area contributed by atoms with Gasteiger partial charge in [0.1, 0.15) is 0 Å². The van der Waals surface area contributed by atoms with Gasteiger partial charge in [0.2, 0.25) is 0 Å². The van der Waals surface area contributed by atoms with Gasteiger partial charge < -0.3 is 20.0 Å². The Morgan fingerprint density at radius 2 is 2.04 bits per heavy atom. The van der Waals surface area contributed by atoms with Crippen molar-refractivity contribution in [1.29, 1.82) is 0 Å². The molecule has 0 saturated carbocycles. The van der Waals surface area contributed by atoms with E-state index in [2.05, 4.69) is 53.5 Å². The molecule has 6 nitrogen and oxygen atoms in total. The topological polar surface area (TPSA) is 51.7 Å². The van der Waals surface area contributed by atoms with Crippen molar-refractivity contribution in [3.8, 4) is 0 Å². The third-order valence-electron chi connectivity index (χ3n) is 5.18. The van der Waals surface area contributed by atoms with Gasteiger partial charge in [-0.2, -0.15) is 0 Å².